The van der Waals surface area contributed by atoms with Crippen LogP contribution in [-0.4, -0.2) is 19.7 Å². The number of anilines is 2. The highest BCUT2D eigenvalue weighted by Gasteiger charge is 2.20. The molecule has 0 radical (unpaired) electrons. The van der Waals surface area contributed by atoms with Crippen molar-refractivity contribution in [2.75, 3.05) is 11.1 Å². The Labute approximate surface area is 169 Å². The number of fused-ring (bicyclic) bond motifs is 1. The Hall–Kier alpha value is -3.90. The fourth-order valence-electron chi connectivity index (χ4n) is 3.11. The number of nitrogens with one attached hydrogen (secondary N) is 1. The maximum atomic E-state index is 13.3. The van der Waals surface area contributed by atoms with Crippen LogP contribution in [0.4, 0.5) is 11.6 Å². The topological polar surface area (TPSA) is 136 Å². The maximum Gasteiger partial charge on any atom is 0.266 e. The largest absolute Gasteiger partial charge is 0.382 e. The van der Waals surface area contributed by atoms with Crippen LogP contribution in [0.25, 0.3) is 16.6 Å². The fourth-order valence-corrected chi connectivity index (χ4v) is 3.38. The van der Waals surface area contributed by atoms with Gasteiger partial charge in [-0.2, -0.15) is 5.26 Å². The molecule has 3 heterocycles. The summed E-state index contributed by atoms with van der Waals surface area (Å²) in [5.74, 6) is 0.636. The van der Waals surface area contributed by atoms with Crippen molar-refractivity contribution in [1.82, 2.24) is 19.7 Å². The molecule has 4 aromatic rings. The minimum Gasteiger partial charge on any atom is -0.382 e. The summed E-state index contributed by atoms with van der Waals surface area (Å²) in [6.07, 6.45) is 2.63. The Morgan fingerprint density at radius 1 is 1.34 bits per heavy atom. The van der Waals surface area contributed by atoms with Gasteiger partial charge in [0.15, 0.2) is 5.82 Å². The molecule has 0 spiro atoms. The summed E-state index contributed by atoms with van der Waals surface area (Å²) in [6.45, 7) is 1.82. The first kappa shape index (κ1) is 18.5. The van der Waals surface area contributed by atoms with Crippen molar-refractivity contribution in [3.05, 3.63) is 69.6 Å². The summed E-state index contributed by atoms with van der Waals surface area (Å²) in [5, 5.41) is 17.8. The van der Waals surface area contributed by atoms with Crippen molar-refractivity contribution in [1.29, 1.82) is 5.26 Å². The van der Waals surface area contributed by atoms with E-state index in [2.05, 4.69) is 20.4 Å². The molecule has 3 aromatic heterocycles. The maximum absolute atomic E-state index is 13.3. The molecule has 0 aliphatic rings. The number of hydrogen-bond acceptors (Lipinski definition) is 8. The second-order valence-corrected chi connectivity index (χ2v) is 6.64. The Bertz CT molecular complexity index is 1310. The van der Waals surface area contributed by atoms with E-state index in [-0.39, 0.29) is 22.8 Å². The molecule has 144 valence electrons. The molecule has 0 aliphatic carbocycles. The van der Waals surface area contributed by atoms with Crippen LogP contribution in [-0.2, 0) is 0 Å². The molecule has 10 heteroatoms. The van der Waals surface area contributed by atoms with E-state index in [1.807, 2.05) is 19.1 Å². The van der Waals surface area contributed by atoms with Gasteiger partial charge in [0.05, 0.1) is 22.1 Å². The van der Waals surface area contributed by atoms with Crippen LogP contribution in [0.3, 0.4) is 0 Å². The molecule has 1 aromatic carbocycles. The fraction of sp³-hybridized carbons (Fsp3) is 0.105. The molecule has 3 N–H and O–H groups in total. The third-order valence-electron chi connectivity index (χ3n) is 4.46. The first-order valence-electron chi connectivity index (χ1n) is 8.53. The molecule has 29 heavy (non-hydrogen) atoms. The SMILES string of the molecule is CC(Nc1ncnc(N)c1C#N)c1cc2cccc(Cl)c2c(=O)n1-c1ccon1. The lowest BCUT2D eigenvalue weighted by Crippen LogP contribution is -2.26. The second-order valence-electron chi connectivity index (χ2n) is 6.23. The molecule has 9 nitrogen and oxygen atoms in total. The third kappa shape index (κ3) is 3.15. The highest BCUT2D eigenvalue weighted by molar-refractivity contribution is 6.35. The summed E-state index contributed by atoms with van der Waals surface area (Å²) in [5.41, 5.74) is 6.12. The minimum atomic E-state index is -0.454. The van der Waals surface area contributed by atoms with Crippen molar-refractivity contribution < 1.29 is 4.52 Å². The first-order valence-corrected chi connectivity index (χ1v) is 8.91. The van der Waals surface area contributed by atoms with Crippen molar-refractivity contribution in [2.45, 2.75) is 13.0 Å². The Morgan fingerprint density at radius 2 is 2.17 bits per heavy atom. The summed E-state index contributed by atoms with van der Waals surface area (Å²) in [7, 11) is 0. The molecule has 0 saturated heterocycles. The van der Waals surface area contributed by atoms with Gasteiger partial charge in [0.25, 0.3) is 5.56 Å². The van der Waals surface area contributed by atoms with E-state index in [0.717, 1.165) is 0 Å². The van der Waals surface area contributed by atoms with Crippen LogP contribution in [0.5, 0.6) is 0 Å². The molecule has 0 bridgehead atoms. The van der Waals surface area contributed by atoms with Gasteiger partial charge in [0, 0.05) is 6.07 Å². The predicted octanol–water partition coefficient (Wildman–Crippen LogP) is 3.05. The molecule has 1 unspecified atom stereocenters. The smallest absolute Gasteiger partial charge is 0.266 e. The lowest BCUT2D eigenvalue weighted by Gasteiger charge is -2.20. The normalized spacial score (nSPS) is 11.9. The van der Waals surface area contributed by atoms with E-state index in [0.29, 0.717) is 27.3 Å². The van der Waals surface area contributed by atoms with Crippen molar-refractivity contribution in [3.8, 4) is 11.9 Å². The van der Waals surface area contributed by atoms with Crippen LogP contribution in [0.1, 0.15) is 24.2 Å². The molecule has 1 atom stereocenters. The van der Waals surface area contributed by atoms with Crippen molar-refractivity contribution >= 4 is 34.0 Å². The molecule has 4 rings (SSSR count). The number of pyridine rings is 1. The van der Waals surface area contributed by atoms with Crippen LogP contribution < -0.4 is 16.6 Å². The van der Waals surface area contributed by atoms with E-state index >= 15 is 0 Å². The van der Waals surface area contributed by atoms with Gasteiger partial charge < -0.3 is 15.6 Å². The Balaban J connectivity index is 1.92. The standard InChI is InChI=1S/C19H14ClN7O2/c1-10(25-18-12(8-21)17(22)23-9-24-18)14-7-11-3-2-4-13(20)16(11)19(28)27(14)15-5-6-29-26-15/h2-7,9-10H,1H3,(H3,22,23,24,25). The highest BCUT2D eigenvalue weighted by Crippen LogP contribution is 2.27. The van der Waals surface area contributed by atoms with Gasteiger partial charge in [-0.3, -0.25) is 9.36 Å². The van der Waals surface area contributed by atoms with Crippen LogP contribution in [0.2, 0.25) is 5.02 Å². The zero-order valence-electron chi connectivity index (χ0n) is 15.1. The van der Waals surface area contributed by atoms with Gasteiger partial charge in [-0.25, -0.2) is 9.97 Å². The van der Waals surface area contributed by atoms with E-state index in [1.165, 1.54) is 17.2 Å². The van der Waals surface area contributed by atoms with Gasteiger partial charge in [-0.1, -0.05) is 28.9 Å². The van der Waals surface area contributed by atoms with Crippen LogP contribution in [0.15, 0.2) is 52.2 Å². The quantitative estimate of drug-likeness (QED) is 0.526. The highest BCUT2D eigenvalue weighted by atomic mass is 35.5. The molecule has 0 amide bonds. The average molecular weight is 408 g/mol. The number of nitrogens with two attached hydrogens (primary N) is 1. The lowest BCUT2D eigenvalue weighted by atomic mass is 10.1. The van der Waals surface area contributed by atoms with Crippen molar-refractivity contribution in [2.24, 2.45) is 0 Å². The molecule has 0 aliphatic heterocycles. The number of halogens is 1. The van der Waals surface area contributed by atoms with Crippen molar-refractivity contribution in [3.63, 3.8) is 0 Å². The number of hydrogen-bond donors (Lipinski definition) is 2. The zero-order chi connectivity index (χ0) is 20.5. The molecular formula is C19H14ClN7O2. The Morgan fingerprint density at radius 3 is 2.90 bits per heavy atom. The van der Waals surface area contributed by atoms with Gasteiger partial charge in [0.1, 0.15) is 35.9 Å². The number of benzene rings is 1. The van der Waals surface area contributed by atoms with E-state index in [4.69, 9.17) is 21.9 Å². The van der Waals surface area contributed by atoms with E-state index in [9.17, 15) is 10.1 Å². The van der Waals surface area contributed by atoms with Gasteiger partial charge in [-0.15, -0.1) is 0 Å². The number of nitrogen functional groups attached to an aromatic ring is 1. The first-order chi connectivity index (χ1) is 14.0. The van der Waals surface area contributed by atoms with Gasteiger partial charge in [-0.05, 0) is 24.4 Å². The average Bonchev–Trinajstić information content (AvgIpc) is 3.22. The summed E-state index contributed by atoms with van der Waals surface area (Å²) in [4.78, 5) is 21.2. The summed E-state index contributed by atoms with van der Waals surface area (Å²) < 4.78 is 6.34. The van der Waals surface area contributed by atoms with E-state index in [1.54, 1.807) is 24.3 Å². The molecule has 0 saturated carbocycles. The number of nitriles is 1. The van der Waals surface area contributed by atoms with Crippen LogP contribution >= 0.6 is 11.6 Å². The summed E-state index contributed by atoms with van der Waals surface area (Å²) in [6, 6.07) is 10.2. The number of aromatic nitrogens is 4. The summed E-state index contributed by atoms with van der Waals surface area (Å²) >= 11 is 6.27. The van der Waals surface area contributed by atoms with E-state index < -0.39 is 6.04 Å². The zero-order valence-corrected chi connectivity index (χ0v) is 15.9. The van der Waals surface area contributed by atoms with Gasteiger partial charge >= 0.3 is 0 Å². The number of nitrogens with zero attached hydrogens (tertiary/aromatic N) is 5. The molecular weight excluding hydrogens is 394 g/mol. The second kappa shape index (κ2) is 7.26. The predicted molar refractivity (Wildman–Crippen MR) is 108 cm³/mol. The Kier molecular flexibility index (Phi) is 4.62. The number of rotatable bonds is 4. The lowest BCUT2D eigenvalue weighted by molar-refractivity contribution is 0.415. The van der Waals surface area contributed by atoms with Gasteiger partial charge in [0.2, 0.25) is 0 Å². The minimum absolute atomic E-state index is 0.0661. The monoisotopic (exact) mass is 407 g/mol. The van der Waals surface area contributed by atoms with Crippen LogP contribution in [0, 0.1) is 11.3 Å². The molecule has 0 fully saturated rings. The third-order valence-corrected chi connectivity index (χ3v) is 4.78.